The fraction of sp³-hybridized carbons (Fsp3) is 0.318. The predicted molar refractivity (Wildman–Crippen MR) is 110 cm³/mol. The van der Waals surface area contributed by atoms with Crippen LogP contribution < -0.4 is 10.6 Å². The highest BCUT2D eigenvalue weighted by Crippen LogP contribution is 2.17. The Morgan fingerprint density at radius 2 is 2.07 bits per heavy atom. The highest BCUT2D eigenvalue weighted by Gasteiger charge is 2.17. The van der Waals surface area contributed by atoms with Crippen LogP contribution in [0.5, 0.6) is 0 Å². The second-order valence-electron chi connectivity index (χ2n) is 7.14. The number of benzene rings is 1. The summed E-state index contributed by atoms with van der Waals surface area (Å²) < 4.78 is 5.51. The van der Waals surface area contributed by atoms with Crippen molar-refractivity contribution >= 4 is 22.7 Å². The van der Waals surface area contributed by atoms with E-state index in [-0.39, 0.29) is 23.6 Å². The third kappa shape index (κ3) is 4.63. The van der Waals surface area contributed by atoms with E-state index in [1.807, 2.05) is 24.4 Å². The number of ether oxygens (including phenoxy) is 1. The van der Waals surface area contributed by atoms with Gasteiger partial charge in [0.2, 0.25) is 0 Å². The highest BCUT2D eigenvalue weighted by atomic mass is 16.5. The number of para-hydroxylation sites is 1. The summed E-state index contributed by atoms with van der Waals surface area (Å²) in [6, 6.07) is 11.2. The molecule has 0 spiro atoms. The zero-order chi connectivity index (χ0) is 20.1. The molecule has 1 saturated heterocycles. The van der Waals surface area contributed by atoms with Gasteiger partial charge < -0.3 is 20.4 Å². The van der Waals surface area contributed by atoms with Gasteiger partial charge in [-0.3, -0.25) is 14.6 Å². The van der Waals surface area contributed by atoms with E-state index in [1.54, 1.807) is 6.07 Å². The minimum absolute atomic E-state index is 0.0769. The molecule has 1 aromatic carbocycles. The van der Waals surface area contributed by atoms with Gasteiger partial charge in [-0.1, -0.05) is 18.2 Å². The molecule has 1 aliphatic heterocycles. The van der Waals surface area contributed by atoms with E-state index in [9.17, 15) is 9.59 Å². The van der Waals surface area contributed by atoms with Gasteiger partial charge in [-0.2, -0.15) is 0 Å². The molecule has 3 aromatic rings. The predicted octanol–water partition coefficient (Wildman–Crippen LogP) is 2.44. The van der Waals surface area contributed by atoms with Gasteiger partial charge in [0.15, 0.2) is 0 Å². The summed E-state index contributed by atoms with van der Waals surface area (Å²) in [5, 5.41) is 6.89. The number of rotatable bonds is 7. The number of fused-ring (bicyclic) bond motifs is 1. The molecule has 4 rings (SSSR count). The largest absolute Gasteiger partial charge is 0.376 e. The second kappa shape index (κ2) is 8.87. The monoisotopic (exact) mass is 392 g/mol. The lowest BCUT2D eigenvalue weighted by atomic mass is 10.1. The molecule has 3 N–H and O–H groups in total. The normalized spacial score (nSPS) is 16.1. The van der Waals surface area contributed by atoms with E-state index in [2.05, 4.69) is 26.7 Å². The SMILES string of the molecule is O=C(NCC1CCCO1)c1ccnc(C(=O)NCCc2c[nH]c3ccccc23)c1. The topological polar surface area (TPSA) is 96.1 Å². The average molecular weight is 392 g/mol. The first kappa shape index (κ1) is 19.1. The molecule has 7 nitrogen and oxygen atoms in total. The van der Waals surface area contributed by atoms with Crippen molar-refractivity contribution < 1.29 is 14.3 Å². The first-order valence-electron chi connectivity index (χ1n) is 9.90. The zero-order valence-corrected chi connectivity index (χ0v) is 16.1. The number of hydrogen-bond donors (Lipinski definition) is 3. The lowest BCUT2D eigenvalue weighted by molar-refractivity contribution is 0.0857. The number of nitrogens with zero attached hydrogens (tertiary/aromatic N) is 1. The van der Waals surface area contributed by atoms with E-state index in [0.29, 0.717) is 25.1 Å². The van der Waals surface area contributed by atoms with Crippen LogP contribution in [0.4, 0.5) is 0 Å². The number of nitrogens with one attached hydrogen (secondary N) is 3. The fourth-order valence-electron chi connectivity index (χ4n) is 3.55. The minimum atomic E-state index is -0.293. The maximum Gasteiger partial charge on any atom is 0.269 e. The lowest BCUT2D eigenvalue weighted by Gasteiger charge is -2.11. The van der Waals surface area contributed by atoms with Gasteiger partial charge in [0.05, 0.1) is 6.10 Å². The molecule has 0 saturated carbocycles. The van der Waals surface area contributed by atoms with Crippen molar-refractivity contribution in [3.8, 4) is 0 Å². The van der Waals surface area contributed by atoms with Gasteiger partial charge in [-0.15, -0.1) is 0 Å². The van der Waals surface area contributed by atoms with E-state index < -0.39 is 0 Å². The van der Waals surface area contributed by atoms with Crippen LogP contribution in [0, 0.1) is 0 Å². The molecule has 1 fully saturated rings. The Balaban J connectivity index is 1.31. The van der Waals surface area contributed by atoms with Crippen LogP contribution in [0.15, 0.2) is 48.8 Å². The lowest BCUT2D eigenvalue weighted by Crippen LogP contribution is -2.32. The van der Waals surface area contributed by atoms with Crippen molar-refractivity contribution in [2.45, 2.75) is 25.4 Å². The van der Waals surface area contributed by atoms with Gasteiger partial charge in [0, 0.05) is 48.6 Å². The van der Waals surface area contributed by atoms with Crippen molar-refractivity contribution in [1.82, 2.24) is 20.6 Å². The Morgan fingerprint density at radius 3 is 2.93 bits per heavy atom. The molecule has 1 aliphatic rings. The van der Waals surface area contributed by atoms with Crippen LogP contribution >= 0.6 is 0 Å². The maximum atomic E-state index is 12.4. The quantitative estimate of drug-likeness (QED) is 0.575. The molecule has 1 atom stereocenters. The Kier molecular flexibility index (Phi) is 5.86. The minimum Gasteiger partial charge on any atom is -0.376 e. The van der Waals surface area contributed by atoms with Crippen LogP contribution in [0.2, 0.25) is 0 Å². The Labute approximate surface area is 168 Å². The Morgan fingerprint density at radius 1 is 1.17 bits per heavy atom. The van der Waals surface area contributed by atoms with E-state index in [1.165, 1.54) is 12.3 Å². The third-order valence-corrected chi connectivity index (χ3v) is 5.12. The standard InChI is InChI=1S/C22H24N4O3/c27-21(26-14-17-4-3-11-29-17)15-7-9-23-20(12-15)22(28)24-10-8-16-13-25-19-6-2-1-5-18(16)19/h1-2,5-7,9,12-13,17,25H,3-4,8,10-11,14H2,(H,24,28)(H,26,27). The first-order chi connectivity index (χ1) is 14.2. The summed E-state index contributed by atoms with van der Waals surface area (Å²) in [5.74, 6) is -0.519. The number of aromatic amines is 1. The summed E-state index contributed by atoms with van der Waals surface area (Å²) >= 11 is 0. The molecule has 2 amide bonds. The number of aromatic nitrogens is 2. The number of carbonyl (C=O) groups is 2. The van der Waals surface area contributed by atoms with Crippen LogP contribution in [0.1, 0.15) is 39.3 Å². The smallest absolute Gasteiger partial charge is 0.269 e. The van der Waals surface area contributed by atoms with E-state index in [0.717, 1.165) is 35.9 Å². The number of pyridine rings is 1. The van der Waals surface area contributed by atoms with Gasteiger partial charge in [0.1, 0.15) is 5.69 Å². The van der Waals surface area contributed by atoms with Crippen LogP contribution in [-0.4, -0.2) is 47.6 Å². The molecule has 29 heavy (non-hydrogen) atoms. The second-order valence-corrected chi connectivity index (χ2v) is 7.14. The van der Waals surface area contributed by atoms with E-state index >= 15 is 0 Å². The third-order valence-electron chi connectivity index (χ3n) is 5.12. The first-order valence-corrected chi connectivity index (χ1v) is 9.90. The fourth-order valence-corrected chi connectivity index (χ4v) is 3.55. The number of carbonyl (C=O) groups excluding carboxylic acids is 2. The summed E-state index contributed by atoms with van der Waals surface area (Å²) in [7, 11) is 0. The summed E-state index contributed by atoms with van der Waals surface area (Å²) in [6.07, 6.45) is 6.22. The molecule has 150 valence electrons. The van der Waals surface area contributed by atoms with E-state index in [4.69, 9.17) is 4.74 Å². The average Bonchev–Trinajstić information content (AvgIpc) is 3.42. The van der Waals surface area contributed by atoms with Crippen molar-refractivity contribution in [2.24, 2.45) is 0 Å². The molecule has 3 heterocycles. The molecule has 2 aromatic heterocycles. The van der Waals surface area contributed by atoms with Crippen LogP contribution in [0.25, 0.3) is 10.9 Å². The number of hydrogen-bond acceptors (Lipinski definition) is 4. The highest BCUT2D eigenvalue weighted by molar-refractivity contribution is 5.98. The molecular formula is C22H24N4O3. The van der Waals surface area contributed by atoms with Gasteiger partial charge in [-0.25, -0.2) is 0 Å². The maximum absolute atomic E-state index is 12.4. The summed E-state index contributed by atoms with van der Waals surface area (Å²) in [5.41, 5.74) is 2.88. The molecule has 0 bridgehead atoms. The molecular weight excluding hydrogens is 368 g/mol. The van der Waals surface area contributed by atoms with Crippen LogP contribution in [0.3, 0.4) is 0 Å². The molecule has 7 heteroatoms. The van der Waals surface area contributed by atoms with Crippen molar-refractivity contribution in [3.63, 3.8) is 0 Å². The summed E-state index contributed by atoms with van der Waals surface area (Å²) in [4.78, 5) is 32.1. The molecule has 0 radical (unpaired) electrons. The number of H-pyrrole nitrogens is 1. The Hall–Kier alpha value is -3.19. The zero-order valence-electron chi connectivity index (χ0n) is 16.1. The molecule has 0 aliphatic carbocycles. The van der Waals surface area contributed by atoms with Crippen molar-refractivity contribution in [2.75, 3.05) is 19.7 Å². The van der Waals surface area contributed by atoms with Crippen molar-refractivity contribution in [1.29, 1.82) is 0 Å². The summed E-state index contributed by atoms with van der Waals surface area (Å²) in [6.45, 7) is 1.71. The van der Waals surface area contributed by atoms with Gasteiger partial charge in [-0.05, 0) is 43.0 Å². The Bertz CT molecular complexity index is 1010. The van der Waals surface area contributed by atoms with Crippen LogP contribution in [-0.2, 0) is 11.2 Å². The van der Waals surface area contributed by atoms with Crippen molar-refractivity contribution in [3.05, 3.63) is 65.6 Å². The molecule has 1 unspecified atom stereocenters. The van der Waals surface area contributed by atoms with Gasteiger partial charge >= 0.3 is 0 Å². The number of amides is 2. The van der Waals surface area contributed by atoms with Gasteiger partial charge in [0.25, 0.3) is 11.8 Å².